The smallest absolute Gasteiger partial charge is 0.244 e. The van der Waals surface area contributed by atoms with Crippen LogP contribution in [-0.4, -0.2) is 57.4 Å². The van der Waals surface area contributed by atoms with Gasteiger partial charge in [0.05, 0.1) is 18.1 Å². The van der Waals surface area contributed by atoms with Gasteiger partial charge in [0.15, 0.2) is 0 Å². The number of hydrogen-bond donors (Lipinski definition) is 1. The number of anilines is 2. The second-order valence-corrected chi connectivity index (χ2v) is 9.72. The summed E-state index contributed by atoms with van der Waals surface area (Å²) in [5.74, 6) is -0.531. The Morgan fingerprint density at radius 2 is 1.77 bits per heavy atom. The van der Waals surface area contributed by atoms with Gasteiger partial charge in [-0.1, -0.05) is 11.6 Å². The van der Waals surface area contributed by atoms with Crippen LogP contribution in [0.5, 0.6) is 0 Å². The van der Waals surface area contributed by atoms with Gasteiger partial charge in [-0.05, 0) is 54.4 Å². The van der Waals surface area contributed by atoms with Crippen LogP contribution in [-0.2, 0) is 30.8 Å². The molecular formula is C21H22ClN3O5S. The molecule has 0 aromatic heterocycles. The van der Waals surface area contributed by atoms with Crippen LogP contribution in [0.15, 0.2) is 47.4 Å². The van der Waals surface area contributed by atoms with E-state index in [1.165, 1.54) is 15.3 Å². The first-order valence-corrected chi connectivity index (χ1v) is 11.7. The minimum atomic E-state index is -3.63. The number of carbonyl (C=O) groups is 2. The van der Waals surface area contributed by atoms with E-state index in [2.05, 4.69) is 5.32 Å². The summed E-state index contributed by atoms with van der Waals surface area (Å²) >= 11 is 5.86. The maximum absolute atomic E-state index is 12.9. The maximum Gasteiger partial charge on any atom is 0.244 e. The molecule has 4 rings (SSSR count). The monoisotopic (exact) mass is 463 g/mol. The molecule has 2 aromatic rings. The first-order valence-electron chi connectivity index (χ1n) is 9.91. The highest BCUT2D eigenvalue weighted by Crippen LogP contribution is 2.31. The zero-order chi connectivity index (χ0) is 22.0. The van der Waals surface area contributed by atoms with Crippen molar-refractivity contribution in [2.45, 2.75) is 17.7 Å². The summed E-state index contributed by atoms with van der Waals surface area (Å²) in [5.41, 5.74) is 1.86. The van der Waals surface area contributed by atoms with Gasteiger partial charge in [-0.15, -0.1) is 0 Å². The molecular weight excluding hydrogens is 442 g/mol. The zero-order valence-corrected chi connectivity index (χ0v) is 18.3. The van der Waals surface area contributed by atoms with E-state index in [0.717, 1.165) is 5.56 Å². The van der Waals surface area contributed by atoms with Crippen molar-refractivity contribution in [2.75, 3.05) is 43.1 Å². The van der Waals surface area contributed by atoms with Crippen LogP contribution in [0.1, 0.15) is 12.0 Å². The van der Waals surface area contributed by atoms with E-state index >= 15 is 0 Å². The van der Waals surface area contributed by atoms with Crippen molar-refractivity contribution in [3.05, 3.63) is 53.1 Å². The number of sulfonamides is 1. The third-order valence-corrected chi connectivity index (χ3v) is 7.44. The number of nitrogens with zero attached hydrogens (tertiary/aromatic N) is 2. The highest BCUT2D eigenvalue weighted by molar-refractivity contribution is 7.89. The summed E-state index contributed by atoms with van der Waals surface area (Å²) in [6.07, 6.45) is 0.637. The van der Waals surface area contributed by atoms with Crippen molar-refractivity contribution in [2.24, 2.45) is 0 Å². The van der Waals surface area contributed by atoms with Crippen molar-refractivity contribution in [3.8, 4) is 0 Å². The fourth-order valence-corrected chi connectivity index (χ4v) is 5.27. The molecule has 2 amide bonds. The highest BCUT2D eigenvalue weighted by Gasteiger charge is 2.30. The molecule has 164 valence electrons. The number of aryl methyl sites for hydroxylation is 1. The van der Waals surface area contributed by atoms with Gasteiger partial charge >= 0.3 is 0 Å². The first-order chi connectivity index (χ1) is 14.8. The molecule has 0 saturated carbocycles. The molecule has 2 aliphatic rings. The molecule has 0 radical (unpaired) electrons. The summed E-state index contributed by atoms with van der Waals surface area (Å²) in [6.45, 7) is 1.21. The van der Waals surface area contributed by atoms with E-state index in [0.29, 0.717) is 49.1 Å². The lowest BCUT2D eigenvalue weighted by atomic mass is 10.0. The van der Waals surface area contributed by atoms with Crippen LogP contribution >= 0.6 is 11.6 Å². The van der Waals surface area contributed by atoms with E-state index in [9.17, 15) is 18.0 Å². The number of rotatable bonds is 5. The van der Waals surface area contributed by atoms with Gasteiger partial charge < -0.3 is 15.0 Å². The lowest BCUT2D eigenvalue weighted by molar-refractivity contribution is -0.121. The number of benzene rings is 2. The third kappa shape index (κ3) is 4.74. The minimum Gasteiger partial charge on any atom is -0.379 e. The molecule has 0 aliphatic carbocycles. The van der Waals surface area contributed by atoms with Crippen LogP contribution in [0.25, 0.3) is 0 Å². The van der Waals surface area contributed by atoms with Crippen molar-refractivity contribution in [3.63, 3.8) is 0 Å². The molecule has 0 spiro atoms. The number of amides is 2. The number of nitrogens with one attached hydrogen (secondary N) is 1. The maximum atomic E-state index is 12.9. The number of fused-ring (bicyclic) bond motifs is 1. The topological polar surface area (TPSA) is 96.0 Å². The van der Waals surface area contributed by atoms with E-state index in [1.807, 2.05) is 0 Å². The Morgan fingerprint density at radius 3 is 2.48 bits per heavy atom. The number of ether oxygens (including phenoxy) is 1. The molecule has 8 nitrogen and oxygen atoms in total. The van der Waals surface area contributed by atoms with Crippen molar-refractivity contribution in [1.29, 1.82) is 0 Å². The van der Waals surface area contributed by atoms with Gasteiger partial charge in [-0.2, -0.15) is 4.31 Å². The number of hydrogen-bond acceptors (Lipinski definition) is 5. The first kappa shape index (κ1) is 21.8. The molecule has 2 heterocycles. The van der Waals surface area contributed by atoms with Gasteiger partial charge in [0.2, 0.25) is 21.8 Å². The Hall–Kier alpha value is -2.46. The van der Waals surface area contributed by atoms with Crippen molar-refractivity contribution < 1.29 is 22.7 Å². The van der Waals surface area contributed by atoms with Crippen molar-refractivity contribution in [1.82, 2.24) is 4.31 Å². The van der Waals surface area contributed by atoms with E-state index in [1.54, 1.807) is 36.4 Å². The van der Waals surface area contributed by atoms with Gasteiger partial charge in [-0.3, -0.25) is 9.59 Å². The van der Waals surface area contributed by atoms with Gasteiger partial charge in [0.1, 0.15) is 6.54 Å². The number of halogens is 1. The van der Waals surface area contributed by atoms with Crippen LogP contribution < -0.4 is 10.2 Å². The standard InChI is InChI=1S/C21H22ClN3O5S/c22-16-2-4-17(5-3-16)23-20(26)14-25-19-7-6-18(13-15(19)1-8-21(25)27)31(28,29)24-9-11-30-12-10-24/h2-7,13H,1,8-12,14H2,(H,23,26). The Morgan fingerprint density at radius 1 is 1.06 bits per heavy atom. The molecule has 0 bridgehead atoms. The minimum absolute atomic E-state index is 0.163. The molecule has 1 fully saturated rings. The second-order valence-electron chi connectivity index (χ2n) is 7.34. The molecule has 0 unspecified atom stereocenters. The SMILES string of the molecule is O=C(CN1C(=O)CCc2cc(S(=O)(=O)N3CCOCC3)ccc21)Nc1ccc(Cl)cc1. The number of morpholine rings is 1. The van der Waals surface area contributed by atoms with E-state index in [-0.39, 0.29) is 29.7 Å². The fraction of sp³-hybridized carbons (Fsp3) is 0.333. The molecule has 10 heteroatoms. The van der Waals surface area contributed by atoms with E-state index < -0.39 is 10.0 Å². The average molecular weight is 464 g/mol. The third-order valence-electron chi connectivity index (χ3n) is 5.29. The van der Waals surface area contributed by atoms with Gasteiger partial charge in [0, 0.05) is 35.9 Å². The second kappa shape index (κ2) is 8.96. The Labute approximate surface area is 185 Å². The summed E-state index contributed by atoms with van der Waals surface area (Å²) in [7, 11) is -3.63. The predicted molar refractivity (Wildman–Crippen MR) is 117 cm³/mol. The van der Waals surface area contributed by atoms with Crippen LogP contribution in [0.3, 0.4) is 0 Å². The molecule has 1 saturated heterocycles. The van der Waals surface area contributed by atoms with Gasteiger partial charge in [-0.25, -0.2) is 8.42 Å². The largest absolute Gasteiger partial charge is 0.379 e. The lowest BCUT2D eigenvalue weighted by Crippen LogP contribution is -2.42. The summed E-state index contributed by atoms with van der Waals surface area (Å²) < 4.78 is 32.5. The van der Waals surface area contributed by atoms with Crippen LogP contribution in [0, 0.1) is 0 Å². The molecule has 2 aliphatic heterocycles. The van der Waals surface area contributed by atoms with E-state index in [4.69, 9.17) is 16.3 Å². The summed E-state index contributed by atoms with van der Waals surface area (Å²) in [4.78, 5) is 26.6. The predicted octanol–water partition coefficient (Wildman–Crippen LogP) is 2.28. The average Bonchev–Trinajstić information content (AvgIpc) is 2.77. The van der Waals surface area contributed by atoms with Gasteiger partial charge in [0.25, 0.3) is 0 Å². The van der Waals surface area contributed by atoms with Crippen molar-refractivity contribution >= 4 is 44.8 Å². The Kier molecular flexibility index (Phi) is 6.29. The summed E-state index contributed by atoms with van der Waals surface area (Å²) in [6, 6.07) is 11.4. The normalized spacial score (nSPS) is 17.3. The van der Waals surface area contributed by atoms with Crippen LogP contribution in [0.4, 0.5) is 11.4 Å². The zero-order valence-electron chi connectivity index (χ0n) is 16.7. The molecule has 31 heavy (non-hydrogen) atoms. The Balaban J connectivity index is 1.53. The number of carbonyl (C=O) groups excluding carboxylic acids is 2. The molecule has 0 atom stereocenters. The fourth-order valence-electron chi connectivity index (χ4n) is 3.68. The lowest BCUT2D eigenvalue weighted by Gasteiger charge is -2.30. The summed E-state index contributed by atoms with van der Waals surface area (Å²) in [5, 5.41) is 3.30. The van der Waals surface area contributed by atoms with Crippen LogP contribution in [0.2, 0.25) is 5.02 Å². The Bertz CT molecular complexity index is 1100. The molecule has 1 N–H and O–H groups in total. The highest BCUT2D eigenvalue weighted by atomic mass is 35.5. The quantitative estimate of drug-likeness (QED) is 0.733. The molecule has 2 aromatic carbocycles.